The van der Waals surface area contributed by atoms with E-state index in [0.717, 1.165) is 5.56 Å². The summed E-state index contributed by atoms with van der Waals surface area (Å²) in [4.78, 5) is 24.6. The van der Waals surface area contributed by atoms with E-state index in [1.165, 1.54) is 0 Å². The van der Waals surface area contributed by atoms with Crippen molar-refractivity contribution in [2.24, 2.45) is 5.92 Å². The summed E-state index contributed by atoms with van der Waals surface area (Å²) in [6.07, 6.45) is 0.394. The summed E-state index contributed by atoms with van der Waals surface area (Å²) < 4.78 is 22.9. The zero-order valence-corrected chi connectivity index (χ0v) is 16.4. The van der Waals surface area contributed by atoms with Crippen molar-refractivity contribution in [2.75, 3.05) is 11.5 Å². The largest absolute Gasteiger partial charge is 0.350 e. The highest BCUT2D eigenvalue weighted by Crippen LogP contribution is 2.12. The molecule has 0 spiro atoms. The molecular formula is C17H24ClN3O4S. The Morgan fingerprint density at radius 2 is 1.88 bits per heavy atom. The van der Waals surface area contributed by atoms with Gasteiger partial charge in [-0.2, -0.15) is 0 Å². The molecule has 144 valence electrons. The Morgan fingerprint density at radius 1 is 1.23 bits per heavy atom. The number of hydrogen-bond donors (Lipinski definition) is 3. The lowest BCUT2D eigenvalue weighted by Gasteiger charge is -2.23. The van der Waals surface area contributed by atoms with Gasteiger partial charge in [-0.25, -0.2) is 13.2 Å². The molecule has 3 amide bonds. The molecule has 1 aromatic carbocycles. The molecule has 0 radical (unpaired) electrons. The van der Waals surface area contributed by atoms with Gasteiger partial charge in [-0.15, -0.1) is 0 Å². The van der Waals surface area contributed by atoms with Gasteiger partial charge in [-0.1, -0.05) is 37.6 Å². The Labute approximate surface area is 158 Å². The van der Waals surface area contributed by atoms with E-state index in [1.807, 2.05) is 26.0 Å². The molecule has 1 saturated heterocycles. The quantitative estimate of drug-likeness (QED) is 0.671. The molecule has 2 rings (SSSR count). The number of sulfone groups is 1. The number of urea groups is 1. The first-order valence-corrected chi connectivity index (χ1v) is 10.7. The van der Waals surface area contributed by atoms with Gasteiger partial charge in [0, 0.05) is 17.6 Å². The predicted molar refractivity (Wildman–Crippen MR) is 101 cm³/mol. The fraction of sp³-hybridized carbons (Fsp3) is 0.529. The average Bonchev–Trinajstić information content (AvgIpc) is 2.90. The van der Waals surface area contributed by atoms with Gasteiger partial charge >= 0.3 is 6.03 Å². The summed E-state index contributed by atoms with van der Waals surface area (Å²) in [6.45, 7) is 3.98. The Bertz CT molecular complexity index is 750. The van der Waals surface area contributed by atoms with Crippen molar-refractivity contribution in [3.05, 3.63) is 34.9 Å². The first kappa shape index (κ1) is 20.5. The molecule has 0 saturated carbocycles. The highest BCUT2D eigenvalue weighted by molar-refractivity contribution is 7.91. The van der Waals surface area contributed by atoms with Crippen LogP contribution >= 0.6 is 11.6 Å². The third kappa shape index (κ3) is 6.17. The van der Waals surface area contributed by atoms with Crippen molar-refractivity contribution < 1.29 is 18.0 Å². The number of benzene rings is 1. The maximum absolute atomic E-state index is 12.4. The lowest BCUT2D eigenvalue weighted by molar-refractivity contribution is -0.124. The first-order valence-electron chi connectivity index (χ1n) is 8.46. The van der Waals surface area contributed by atoms with Crippen LogP contribution < -0.4 is 16.0 Å². The molecule has 0 bridgehead atoms. The highest BCUT2D eigenvalue weighted by atomic mass is 35.5. The summed E-state index contributed by atoms with van der Waals surface area (Å²) >= 11 is 5.83. The molecule has 0 aromatic heterocycles. The molecule has 9 heteroatoms. The molecule has 26 heavy (non-hydrogen) atoms. The molecule has 1 heterocycles. The van der Waals surface area contributed by atoms with Crippen molar-refractivity contribution in [3.63, 3.8) is 0 Å². The molecule has 0 aliphatic carbocycles. The van der Waals surface area contributed by atoms with Gasteiger partial charge < -0.3 is 16.0 Å². The third-order valence-corrected chi connectivity index (χ3v) is 6.20. The lowest BCUT2D eigenvalue weighted by Crippen LogP contribution is -2.54. The number of carbonyl (C=O) groups is 2. The number of hydrogen-bond acceptors (Lipinski definition) is 4. The Morgan fingerprint density at radius 3 is 2.42 bits per heavy atom. The van der Waals surface area contributed by atoms with E-state index < -0.39 is 28.0 Å². The van der Waals surface area contributed by atoms with E-state index >= 15 is 0 Å². The minimum atomic E-state index is -3.08. The second-order valence-corrected chi connectivity index (χ2v) is 9.45. The Hall–Kier alpha value is -1.80. The van der Waals surface area contributed by atoms with Crippen LogP contribution in [0.2, 0.25) is 5.02 Å². The van der Waals surface area contributed by atoms with Crippen LogP contribution in [0.25, 0.3) is 0 Å². The minimum absolute atomic E-state index is 0.0600. The van der Waals surface area contributed by atoms with E-state index in [0.29, 0.717) is 18.0 Å². The van der Waals surface area contributed by atoms with Crippen LogP contribution in [0.1, 0.15) is 25.8 Å². The molecule has 1 fully saturated rings. The van der Waals surface area contributed by atoms with E-state index in [1.54, 1.807) is 12.1 Å². The number of carbonyl (C=O) groups excluding carboxylic acids is 2. The Kier molecular flexibility index (Phi) is 6.88. The molecular weight excluding hydrogens is 378 g/mol. The van der Waals surface area contributed by atoms with Crippen LogP contribution in [0.15, 0.2) is 24.3 Å². The summed E-state index contributed by atoms with van der Waals surface area (Å²) in [5, 5.41) is 8.68. The van der Waals surface area contributed by atoms with Gasteiger partial charge in [0.2, 0.25) is 5.91 Å². The third-order valence-electron chi connectivity index (χ3n) is 4.18. The molecule has 0 unspecified atom stereocenters. The van der Waals surface area contributed by atoms with Crippen LogP contribution in [0.3, 0.4) is 0 Å². The van der Waals surface area contributed by atoms with Crippen molar-refractivity contribution in [1.29, 1.82) is 0 Å². The predicted octanol–water partition coefficient (Wildman–Crippen LogP) is 1.47. The molecule has 1 aliphatic heterocycles. The SMILES string of the molecule is CC(C)[C@H](NC(=O)N[C@H]1CCS(=O)(=O)C1)C(=O)NCc1ccc(Cl)cc1. The first-order chi connectivity index (χ1) is 12.2. The molecule has 7 nitrogen and oxygen atoms in total. The minimum Gasteiger partial charge on any atom is -0.350 e. The van der Waals surface area contributed by atoms with E-state index in [9.17, 15) is 18.0 Å². The number of halogens is 1. The monoisotopic (exact) mass is 401 g/mol. The zero-order chi connectivity index (χ0) is 19.3. The number of nitrogens with one attached hydrogen (secondary N) is 3. The van der Waals surface area contributed by atoms with Gasteiger partial charge in [0.15, 0.2) is 9.84 Å². The summed E-state index contributed by atoms with van der Waals surface area (Å²) in [7, 11) is -3.08. The average molecular weight is 402 g/mol. The van der Waals surface area contributed by atoms with Gasteiger partial charge in [-0.3, -0.25) is 4.79 Å². The van der Waals surface area contributed by atoms with E-state index in [4.69, 9.17) is 11.6 Å². The van der Waals surface area contributed by atoms with Crippen LogP contribution in [-0.4, -0.2) is 43.9 Å². The summed E-state index contributed by atoms with van der Waals surface area (Å²) in [6, 6.07) is 5.44. The fourth-order valence-corrected chi connectivity index (χ4v) is 4.51. The second kappa shape index (κ2) is 8.73. The maximum Gasteiger partial charge on any atom is 0.315 e. The topological polar surface area (TPSA) is 104 Å². The van der Waals surface area contributed by atoms with Crippen LogP contribution in [0.5, 0.6) is 0 Å². The smallest absolute Gasteiger partial charge is 0.315 e. The van der Waals surface area contributed by atoms with Crippen molar-refractivity contribution in [1.82, 2.24) is 16.0 Å². The molecule has 2 atom stereocenters. The van der Waals surface area contributed by atoms with Crippen molar-refractivity contribution >= 4 is 33.4 Å². The van der Waals surface area contributed by atoms with Gasteiger partial charge in [0.1, 0.15) is 6.04 Å². The highest BCUT2D eigenvalue weighted by Gasteiger charge is 2.30. The standard InChI is InChI=1S/C17H24ClN3O4S/c1-11(2)15(16(22)19-9-12-3-5-13(18)6-4-12)21-17(23)20-14-7-8-26(24,25)10-14/h3-6,11,14-15H,7-10H2,1-2H3,(H,19,22)(H2,20,21,23)/t14-,15-/m0/s1. The van der Waals surface area contributed by atoms with Crippen molar-refractivity contribution in [3.8, 4) is 0 Å². The molecule has 1 aliphatic rings. The van der Waals surface area contributed by atoms with Gasteiger partial charge in [-0.05, 0) is 30.0 Å². The zero-order valence-electron chi connectivity index (χ0n) is 14.8. The van der Waals surface area contributed by atoms with Gasteiger partial charge in [0.25, 0.3) is 0 Å². The fourth-order valence-electron chi connectivity index (χ4n) is 2.71. The molecule has 1 aromatic rings. The van der Waals surface area contributed by atoms with E-state index in [2.05, 4.69) is 16.0 Å². The van der Waals surface area contributed by atoms with Gasteiger partial charge in [0.05, 0.1) is 11.5 Å². The number of rotatable bonds is 6. The van der Waals surface area contributed by atoms with Crippen molar-refractivity contribution in [2.45, 2.75) is 38.9 Å². The summed E-state index contributed by atoms with van der Waals surface area (Å²) in [5.41, 5.74) is 0.894. The number of amides is 3. The van der Waals surface area contributed by atoms with Crippen LogP contribution in [-0.2, 0) is 21.2 Å². The maximum atomic E-state index is 12.4. The van der Waals surface area contributed by atoms with Crippen LogP contribution in [0, 0.1) is 5.92 Å². The van der Waals surface area contributed by atoms with Crippen LogP contribution in [0.4, 0.5) is 4.79 Å². The van der Waals surface area contributed by atoms with E-state index in [-0.39, 0.29) is 23.3 Å². The second-order valence-electron chi connectivity index (χ2n) is 6.78. The molecule has 3 N–H and O–H groups in total. The summed E-state index contributed by atoms with van der Waals surface area (Å²) in [5.74, 6) is -0.412. The Balaban J connectivity index is 1.87. The lowest BCUT2D eigenvalue weighted by atomic mass is 10.0. The normalized spacial score (nSPS) is 19.8.